The highest BCUT2D eigenvalue weighted by molar-refractivity contribution is 5.96. The quantitative estimate of drug-likeness (QED) is 0.520. The molecule has 1 amide bonds. The third kappa shape index (κ3) is 4.61. The number of benzene rings is 1. The van der Waals surface area contributed by atoms with E-state index in [2.05, 4.69) is 10.6 Å². The Morgan fingerprint density at radius 1 is 1.52 bits per heavy atom. The summed E-state index contributed by atoms with van der Waals surface area (Å²) in [6.45, 7) is 2.54. The van der Waals surface area contributed by atoms with Crippen molar-refractivity contribution >= 4 is 17.3 Å². The van der Waals surface area contributed by atoms with Crippen LogP contribution < -0.4 is 16.4 Å². The van der Waals surface area contributed by atoms with E-state index in [1.165, 1.54) is 0 Å². The monoisotopic (exact) mass is 293 g/mol. The maximum Gasteiger partial charge on any atom is 0.251 e. The van der Waals surface area contributed by atoms with Crippen LogP contribution in [0.25, 0.3) is 0 Å². The lowest BCUT2D eigenvalue weighted by molar-refractivity contribution is 0.0937. The Kier molecular flexibility index (Phi) is 5.83. The van der Waals surface area contributed by atoms with Crippen LogP contribution in [0.15, 0.2) is 18.2 Å². The molecule has 1 saturated heterocycles. The number of carbonyl (C=O) groups is 1. The summed E-state index contributed by atoms with van der Waals surface area (Å²) in [4.78, 5) is 11.9. The zero-order chi connectivity index (χ0) is 15.1. The Hall–Kier alpha value is -1.79. The first kappa shape index (κ1) is 15.6. The zero-order valence-electron chi connectivity index (χ0n) is 12.4. The molecule has 1 fully saturated rings. The fourth-order valence-electron chi connectivity index (χ4n) is 2.26. The van der Waals surface area contributed by atoms with Gasteiger partial charge < -0.3 is 25.8 Å². The minimum atomic E-state index is -0.149. The van der Waals surface area contributed by atoms with Gasteiger partial charge in [-0.05, 0) is 31.0 Å². The number of anilines is 2. The van der Waals surface area contributed by atoms with Crippen LogP contribution in [0.5, 0.6) is 0 Å². The van der Waals surface area contributed by atoms with Gasteiger partial charge in [0.15, 0.2) is 0 Å². The molecule has 0 radical (unpaired) electrons. The second-order valence-corrected chi connectivity index (χ2v) is 5.07. The molecule has 116 valence electrons. The number of hydrogen-bond donors (Lipinski definition) is 3. The number of rotatable bonds is 7. The minimum absolute atomic E-state index is 0.149. The fraction of sp³-hybridized carbons (Fsp3) is 0.533. The van der Waals surface area contributed by atoms with Crippen molar-refractivity contribution in [1.29, 1.82) is 0 Å². The van der Waals surface area contributed by atoms with E-state index >= 15 is 0 Å². The van der Waals surface area contributed by atoms with Crippen LogP contribution in [-0.2, 0) is 9.47 Å². The van der Waals surface area contributed by atoms with Crippen molar-refractivity contribution in [2.75, 3.05) is 44.5 Å². The molecule has 1 atom stereocenters. The molecule has 6 heteroatoms. The number of ether oxygens (including phenoxy) is 2. The molecule has 0 unspecified atom stereocenters. The van der Waals surface area contributed by atoms with Gasteiger partial charge in [-0.1, -0.05) is 0 Å². The molecule has 1 heterocycles. The zero-order valence-corrected chi connectivity index (χ0v) is 12.4. The second-order valence-electron chi connectivity index (χ2n) is 5.07. The topological polar surface area (TPSA) is 85.6 Å². The molecule has 1 aromatic carbocycles. The van der Waals surface area contributed by atoms with E-state index in [9.17, 15) is 4.79 Å². The molecule has 2 rings (SSSR count). The van der Waals surface area contributed by atoms with E-state index in [0.717, 1.165) is 31.7 Å². The molecule has 0 spiro atoms. The Balaban J connectivity index is 1.88. The van der Waals surface area contributed by atoms with E-state index in [0.29, 0.717) is 24.4 Å². The summed E-state index contributed by atoms with van der Waals surface area (Å²) in [5.41, 5.74) is 7.93. The van der Waals surface area contributed by atoms with Gasteiger partial charge in [-0.3, -0.25) is 4.79 Å². The fourth-order valence-corrected chi connectivity index (χ4v) is 2.26. The Labute approximate surface area is 125 Å². The number of nitrogens with two attached hydrogens (primary N) is 1. The van der Waals surface area contributed by atoms with Crippen molar-refractivity contribution in [2.45, 2.75) is 18.9 Å². The van der Waals surface area contributed by atoms with E-state index in [1.807, 2.05) is 6.07 Å². The highest BCUT2D eigenvalue weighted by atomic mass is 16.5. The molecule has 0 saturated carbocycles. The van der Waals surface area contributed by atoms with E-state index in [-0.39, 0.29) is 12.0 Å². The molecule has 21 heavy (non-hydrogen) atoms. The third-order valence-electron chi connectivity index (χ3n) is 3.45. The summed E-state index contributed by atoms with van der Waals surface area (Å²) >= 11 is 0. The van der Waals surface area contributed by atoms with E-state index < -0.39 is 0 Å². The average molecular weight is 293 g/mol. The van der Waals surface area contributed by atoms with Gasteiger partial charge in [0.2, 0.25) is 0 Å². The first-order chi connectivity index (χ1) is 10.2. The van der Waals surface area contributed by atoms with Crippen LogP contribution in [0, 0.1) is 0 Å². The normalized spacial score (nSPS) is 17.7. The summed E-state index contributed by atoms with van der Waals surface area (Å²) in [5, 5.41) is 6.04. The summed E-state index contributed by atoms with van der Waals surface area (Å²) in [7, 11) is 1.60. The predicted octanol–water partition coefficient (Wildman–Crippen LogP) is 1.24. The average Bonchev–Trinajstić information content (AvgIpc) is 2.99. The molecule has 1 aliphatic heterocycles. The van der Waals surface area contributed by atoms with Crippen molar-refractivity contribution in [3.05, 3.63) is 23.8 Å². The number of methoxy groups -OCH3 is 1. The third-order valence-corrected chi connectivity index (χ3v) is 3.45. The summed E-state index contributed by atoms with van der Waals surface area (Å²) < 4.78 is 10.4. The van der Waals surface area contributed by atoms with Gasteiger partial charge in [-0.2, -0.15) is 0 Å². The number of nitrogen functional groups attached to an aromatic ring is 1. The second kappa shape index (κ2) is 7.85. The number of carbonyl (C=O) groups excluding carboxylic acids is 1. The van der Waals surface area contributed by atoms with Crippen LogP contribution in [0.2, 0.25) is 0 Å². The van der Waals surface area contributed by atoms with Crippen LogP contribution >= 0.6 is 0 Å². The summed E-state index contributed by atoms with van der Waals surface area (Å²) in [5.74, 6) is -0.149. The summed E-state index contributed by atoms with van der Waals surface area (Å²) in [6.07, 6.45) is 2.44. The van der Waals surface area contributed by atoms with Gasteiger partial charge in [-0.25, -0.2) is 0 Å². The Bertz CT molecular complexity index is 473. The van der Waals surface area contributed by atoms with Crippen LogP contribution in [-0.4, -0.2) is 45.4 Å². The van der Waals surface area contributed by atoms with Crippen molar-refractivity contribution < 1.29 is 14.3 Å². The summed E-state index contributed by atoms with van der Waals surface area (Å²) in [6, 6.07) is 5.27. The molecule has 0 aliphatic carbocycles. The van der Waals surface area contributed by atoms with Gasteiger partial charge >= 0.3 is 0 Å². The molecule has 4 N–H and O–H groups in total. The molecule has 6 nitrogen and oxygen atoms in total. The van der Waals surface area contributed by atoms with Crippen molar-refractivity contribution in [1.82, 2.24) is 5.32 Å². The SMILES string of the molecule is COCCNC(=O)c1ccc(NC[C@H]2CCCO2)c(N)c1. The molecular weight excluding hydrogens is 270 g/mol. The van der Waals surface area contributed by atoms with Gasteiger partial charge in [0.25, 0.3) is 5.91 Å². The lowest BCUT2D eigenvalue weighted by Crippen LogP contribution is -2.27. The lowest BCUT2D eigenvalue weighted by atomic mass is 10.1. The van der Waals surface area contributed by atoms with Gasteiger partial charge in [-0.15, -0.1) is 0 Å². The van der Waals surface area contributed by atoms with Crippen LogP contribution in [0.3, 0.4) is 0 Å². The number of amides is 1. The van der Waals surface area contributed by atoms with Gasteiger partial charge in [0, 0.05) is 32.4 Å². The Morgan fingerprint density at radius 3 is 3.05 bits per heavy atom. The molecule has 1 aliphatic rings. The molecule has 0 bridgehead atoms. The highest BCUT2D eigenvalue weighted by Crippen LogP contribution is 2.21. The maximum atomic E-state index is 11.9. The van der Waals surface area contributed by atoms with Crippen LogP contribution in [0.1, 0.15) is 23.2 Å². The maximum absolute atomic E-state index is 11.9. The number of hydrogen-bond acceptors (Lipinski definition) is 5. The minimum Gasteiger partial charge on any atom is -0.397 e. The number of nitrogens with one attached hydrogen (secondary N) is 2. The van der Waals surface area contributed by atoms with E-state index in [4.69, 9.17) is 15.2 Å². The first-order valence-corrected chi connectivity index (χ1v) is 7.23. The molecule has 1 aromatic rings. The largest absolute Gasteiger partial charge is 0.397 e. The van der Waals surface area contributed by atoms with Gasteiger partial charge in [0.1, 0.15) is 0 Å². The molecular formula is C15H23N3O3. The smallest absolute Gasteiger partial charge is 0.251 e. The highest BCUT2D eigenvalue weighted by Gasteiger charge is 2.15. The van der Waals surface area contributed by atoms with Crippen molar-refractivity contribution in [2.24, 2.45) is 0 Å². The lowest BCUT2D eigenvalue weighted by Gasteiger charge is -2.14. The molecule has 0 aromatic heterocycles. The van der Waals surface area contributed by atoms with Crippen molar-refractivity contribution in [3.63, 3.8) is 0 Å². The van der Waals surface area contributed by atoms with Crippen LogP contribution in [0.4, 0.5) is 11.4 Å². The standard InChI is InChI=1S/C15H23N3O3/c1-20-8-6-17-15(19)11-4-5-14(13(16)9-11)18-10-12-3-2-7-21-12/h4-5,9,12,18H,2-3,6-8,10,16H2,1H3,(H,17,19)/t12-/m1/s1. The van der Waals surface area contributed by atoms with Gasteiger partial charge in [0.05, 0.1) is 24.1 Å². The Morgan fingerprint density at radius 2 is 2.38 bits per heavy atom. The first-order valence-electron chi connectivity index (χ1n) is 7.23. The predicted molar refractivity (Wildman–Crippen MR) is 82.5 cm³/mol. The van der Waals surface area contributed by atoms with E-state index in [1.54, 1.807) is 19.2 Å². The van der Waals surface area contributed by atoms with Crippen molar-refractivity contribution in [3.8, 4) is 0 Å².